The molecule has 0 aromatic carbocycles. The van der Waals surface area contributed by atoms with Crippen LogP contribution in [0.2, 0.25) is 0 Å². The molecule has 0 aliphatic carbocycles. The van der Waals surface area contributed by atoms with E-state index < -0.39 is 0 Å². The Bertz CT molecular complexity index is 401. The lowest BCUT2D eigenvalue weighted by Gasteiger charge is -2.04. The molecule has 0 rings (SSSR count). The number of unbranched alkanes of at least 4 members (excludes halogenated alkanes) is 28. The molecule has 0 saturated heterocycles. The molecular formula is C35H70O. The van der Waals surface area contributed by atoms with Gasteiger partial charge in [-0.3, -0.25) is 4.79 Å². The third-order valence-corrected chi connectivity index (χ3v) is 8.12. The Morgan fingerprint density at radius 1 is 0.278 bits per heavy atom. The van der Waals surface area contributed by atoms with Crippen molar-refractivity contribution in [3.05, 3.63) is 0 Å². The summed E-state index contributed by atoms with van der Waals surface area (Å²) in [7, 11) is 0. The van der Waals surface area contributed by atoms with Gasteiger partial charge in [-0.1, -0.05) is 194 Å². The molecule has 1 nitrogen and oxygen atoms in total. The second kappa shape index (κ2) is 32.7. The van der Waals surface area contributed by atoms with Crippen LogP contribution in [0.25, 0.3) is 0 Å². The summed E-state index contributed by atoms with van der Waals surface area (Å²) in [5, 5.41) is 0. The van der Waals surface area contributed by atoms with Crippen LogP contribution in [0.4, 0.5) is 0 Å². The van der Waals surface area contributed by atoms with Crippen molar-refractivity contribution in [1.29, 1.82) is 0 Å². The van der Waals surface area contributed by atoms with E-state index in [9.17, 15) is 4.79 Å². The number of carbonyl (C=O) groups excluding carboxylic acids is 1. The first kappa shape index (κ1) is 35.7. The van der Waals surface area contributed by atoms with Crippen molar-refractivity contribution in [3.8, 4) is 0 Å². The zero-order valence-corrected chi connectivity index (χ0v) is 25.5. The zero-order valence-electron chi connectivity index (χ0n) is 25.5. The van der Waals surface area contributed by atoms with Gasteiger partial charge >= 0.3 is 0 Å². The van der Waals surface area contributed by atoms with Crippen molar-refractivity contribution in [2.45, 2.75) is 219 Å². The molecule has 0 aliphatic rings. The maximum absolute atomic E-state index is 11.8. The van der Waals surface area contributed by atoms with Crippen LogP contribution < -0.4 is 0 Å². The van der Waals surface area contributed by atoms with Gasteiger partial charge < -0.3 is 0 Å². The van der Waals surface area contributed by atoms with Gasteiger partial charge in [-0.2, -0.15) is 0 Å². The number of ketones is 1. The fourth-order valence-electron chi connectivity index (χ4n) is 5.51. The predicted octanol–water partition coefficient (Wildman–Crippen LogP) is 13.1. The van der Waals surface area contributed by atoms with Crippen molar-refractivity contribution in [2.24, 2.45) is 0 Å². The van der Waals surface area contributed by atoms with Crippen molar-refractivity contribution in [3.63, 3.8) is 0 Å². The Morgan fingerprint density at radius 2 is 0.444 bits per heavy atom. The van der Waals surface area contributed by atoms with Crippen LogP contribution in [0, 0.1) is 0 Å². The van der Waals surface area contributed by atoms with Gasteiger partial charge in [0, 0.05) is 12.8 Å². The van der Waals surface area contributed by atoms with Crippen LogP contribution in [-0.2, 0) is 4.79 Å². The third-order valence-electron chi connectivity index (χ3n) is 8.12. The Labute approximate surface area is 229 Å². The molecular weight excluding hydrogens is 436 g/mol. The minimum atomic E-state index is 0.503. The summed E-state index contributed by atoms with van der Waals surface area (Å²) in [6, 6.07) is 0. The molecule has 36 heavy (non-hydrogen) atoms. The average Bonchev–Trinajstić information content (AvgIpc) is 2.88. The Hall–Kier alpha value is -0.330. The van der Waals surface area contributed by atoms with Crippen LogP contribution in [0.3, 0.4) is 0 Å². The van der Waals surface area contributed by atoms with Crippen LogP contribution in [0.15, 0.2) is 0 Å². The maximum Gasteiger partial charge on any atom is 0.132 e. The molecule has 0 bridgehead atoms. The molecule has 0 fully saturated rings. The Balaban J connectivity index is 3.06. The Kier molecular flexibility index (Phi) is 32.4. The highest BCUT2D eigenvalue weighted by atomic mass is 16.1. The van der Waals surface area contributed by atoms with Crippen molar-refractivity contribution < 1.29 is 4.79 Å². The van der Waals surface area contributed by atoms with E-state index in [0.717, 1.165) is 25.7 Å². The normalized spacial score (nSPS) is 11.4. The van der Waals surface area contributed by atoms with Crippen LogP contribution in [0.5, 0.6) is 0 Å². The second-order valence-electron chi connectivity index (χ2n) is 11.9. The van der Waals surface area contributed by atoms with Gasteiger partial charge in [0.2, 0.25) is 0 Å². The molecule has 0 unspecified atom stereocenters. The number of carbonyl (C=O) groups is 1. The van der Waals surface area contributed by atoms with E-state index in [1.54, 1.807) is 0 Å². The summed E-state index contributed by atoms with van der Waals surface area (Å²) < 4.78 is 0. The maximum atomic E-state index is 11.8. The van der Waals surface area contributed by atoms with E-state index in [2.05, 4.69) is 13.8 Å². The van der Waals surface area contributed by atoms with E-state index >= 15 is 0 Å². The molecule has 0 atom stereocenters. The van der Waals surface area contributed by atoms with Gasteiger partial charge in [0.25, 0.3) is 0 Å². The number of Topliss-reactive ketones (excluding diaryl/α,β-unsaturated/α-hetero) is 1. The SMILES string of the molecule is CCCCCCCCCCCCCCCCCCCCCCCCCCCCCC(=O)CCCCC. The van der Waals surface area contributed by atoms with Crippen LogP contribution >= 0.6 is 0 Å². The zero-order chi connectivity index (χ0) is 26.2. The van der Waals surface area contributed by atoms with Gasteiger partial charge in [-0.15, -0.1) is 0 Å². The summed E-state index contributed by atoms with van der Waals surface area (Å²) in [4.78, 5) is 11.8. The third kappa shape index (κ3) is 31.7. The summed E-state index contributed by atoms with van der Waals surface area (Å²) in [6.45, 7) is 4.50. The minimum absolute atomic E-state index is 0.503. The van der Waals surface area contributed by atoms with E-state index in [1.807, 2.05) is 0 Å². The molecule has 0 heterocycles. The first-order chi connectivity index (χ1) is 17.8. The molecule has 0 amide bonds. The molecule has 0 radical (unpaired) electrons. The second-order valence-corrected chi connectivity index (χ2v) is 11.9. The fourth-order valence-corrected chi connectivity index (χ4v) is 5.51. The van der Waals surface area contributed by atoms with Gasteiger partial charge in [-0.25, -0.2) is 0 Å². The summed E-state index contributed by atoms with van der Waals surface area (Å²) in [5.74, 6) is 0.503. The molecule has 216 valence electrons. The first-order valence-electron chi connectivity index (χ1n) is 17.3. The predicted molar refractivity (Wildman–Crippen MR) is 164 cm³/mol. The summed E-state index contributed by atoms with van der Waals surface area (Å²) in [5.41, 5.74) is 0. The number of hydrogen-bond acceptors (Lipinski definition) is 1. The molecule has 0 saturated carbocycles. The lowest BCUT2D eigenvalue weighted by molar-refractivity contribution is -0.119. The summed E-state index contributed by atoms with van der Waals surface area (Å²) >= 11 is 0. The largest absolute Gasteiger partial charge is 0.300 e. The van der Waals surface area contributed by atoms with E-state index in [1.165, 1.54) is 180 Å². The van der Waals surface area contributed by atoms with E-state index in [4.69, 9.17) is 0 Å². The average molecular weight is 507 g/mol. The monoisotopic (exact) mass is 507 g/mol. The molecule has 0 aromatic rings. The lowest BCUT2D eigenvalue weighted by atomic mass is 10.0. The highest BCUT2D eigenvalue weighted by Crippen LogP contribution is 2.16. The standard InChI is InChI=1S/C35H70O/c1-3-5-7-8-9-10-11-12-13-14-15-16-17-18-19-20-21-22-23-24-25-26-27-28-29-30-32-34-35(36)33-31-6-4-2/h3-34H2,1-2H3. The van der Waals surface area contributed by atoms with Crippen LogP contribution in [-0.4, -0.2) is 5.78 Å². The van der Waals surface area contributed by atoms with E-state index in [-0.39, 0.29) is 0 Å². The molecule has 1 heteroatoms. The topological polar surface area (TPSA) is 17.1 Å². The number of rotatable bonds is 32. The van der Waals surface area contributed by atoms with Crippen molar-refractivity contribution in [1.82, 2.24) is 0 Å². The lowest BCUT2D eigenvalue weighted by Crippen LogP contribution is -1.97. The highest BCUT2D eigenvalue weighted by Gasteiger charge is 2.01. The minimum Gasteiger partial charge on any atom is -0.300 e. The smallest absolute Gasteiger partial charge is 0.132 e. The fraction of sp³-hybridized carbons (Fsp3) is 0.971. The van der Waals surface area contributed by atoms with Crippen molar-refractivity contribution >= 4 is 5.78 Å². The van der Waals surface area contributed by atoms with Crippen molar-refractivity contribution in [2.75, 3.05) is 0 Å². The first-order valence-corrected chi connectivity index (χ1v) is 17.3. The quantitative estimate of drug-likeness (QED) is 0.0829. The van der Waals surface area contributed by atoms with Gasteiger partial charge in [-0.05, 0) is 12.8 Å². The molecule has 0 aliphatic heterocycles. The Morgan fingerprint density at radius 3 is 0.694 bits per heavy atom. The van der Waals surface area contributed by atoms with E-state index in [0.29, 0.717) is 5.78 Å². The molecule has 0 aromatic heterocycles. The van der Waals surface area contributed by atoms with Gasteiger partial charge in [0.05, 0.1) is 0 Å². The van der Waals surface area contributed by atoms with Gasteiger partial charge in [0.1, 0.15) is 5.78 Å². The number of hydrogen-bond donors (Lipinski definition) is 0. The molecule has 0 N–H and O–H groups in total. The highest BCUT2D eigenvalue weighted by molar-refractivity contribution is 5.78. The van der Waals surface area contributed by atoms with Crippen LogP contribution in [0.1, 0.15) is 219 Å². The molecule has 0 spiro atoms. The summed E-state index contributed by atoms with van der Waals surface area (Å²) in [6.07, 6.45) is 43.9. The van der Waals surface area contributed by atoms with Gasteiger partial charge in [0.15, 0.2) is 0 Å².